The van der Waals surface area contributed by atoms with Crippen LogP contribution in [-0.2, 0) is 10.0 Å². The minimum atomic E-state index is -3.95. The van der Waals surface area contributed by atoms with Gasteiger partial charge in [-0.25, -0.2) is 8.42 Å². The topological polar surface area (TPSA) is 67.9 Å². The Morgan fingerprint density at radius 1 is 1.00 bits per heavy atom. The van der Waals surface area contributed by atoms with Crippen LogP contribution in [0.4, 0.5) is 11.4 Å². The van der Waals surface area contributed by atoms with Crippen LogP contribution >= 0.6 is 27.5 Å². The van der Waals surface area contributed by atoms with Gasteiger partial charge in [0.2, 0.25) is 0 Å². The maximum atomic E-state index is 13.8. The van der Waals surface area contributed by atoms with Crippen molar-refractivity contribution in [1.82, 2.24) is 0 Å². The van der Waals surface area contributed by atoms with Gasteiger partial charge in [-0.3, -0.25) is 4.31 Å². The Morgan fingerprint density at radius 2 is 1.76 bits per heavy atom. The van der Waals surface area contributed by atoms with Gasteiger partial charge in [-0.15, -0.1) is 0 Å². The number of ether oxygens (including phenoxy) is 2. The van der Waals surface area contributed by atoms with Gasteiger partial charge < -0.3 is 14.8 Å². The van der Waals surface area contributed by atoms with E-state index in [2.05, 4.69) is 21.2 Å². The van der Waals surface area contributed by atoms with Crippen molar-refractivity contribution in [2.75, 3.05) is 30.4 Å². The largest absolute Gasteiger partial charge is 0.493 e. The fourth-order valence-corrected chi connectivity index (χ4v) is 5.76. The summed E-state index contributed by atoms with van der Waals surface area (Å²) in [6.45, 7) is 2.08. The summed E-state index contributed by atoms with van der Waals surface area (Å²) in [6.07, 6.45) is 0. The van der Waals surface area contributed by atoms with Gasteiger partial charge >= 0.3 is 0 Å². The fourth-order valence-electron chi connectivity index (χ4n) is 3.73. The number of hydrogen-bond acceptors (Lipinski definition) is 5. The summed E-state index contributed by atoms with van der Waals surface area (Å²) in [4.78, 5) is 0.0902. The third kappa shape index (κ3) is 4.55. The molecule has 0 saturated carbocycles. The Labute approximate surface area is 207 Å². The summed E-state index contributed by atoms with van der Waals surface area (Å²) in [5.74, 6) is 0.785. The maximum absolute atomic E-state index is 13.8. The Balaban J connectivity index is 1.82. The van der Waals surface area contributed by atoms with E-state index in [1.165, 1.54) is 30.7 Å². The Hall–Kier alpha value is -2.68. The van der Waals surface area contributed by atoms with Crippen molar-refractivity contribution in [3.05, 3.63) is 81.4 Å². The highest BCUT2D eigenvalue weighted by molar-refractivity contribution is 9.10. The Bertz CT molecular complexity index is 1360. The zero-order valence-electron chi connectivity index (χ0n) is 18.2. The lowest BCUT2D eigenvalue weighted by Crippen LogP contribution is -2.37. The zero-order valence-corrected chi connectivity index (χ0v) is 21.4. The predicted octanol–water partition coefficient (Wildman–Crippen LogP) is 6.17. The monoisotopic (exact) mass is 548 g/mol. The van der Waals surface area contributed by atoms with Crippen molar-refractivity contribution in [2.24, 2.45) is 0 Å². The van der Waals surface area contributed by atoms with Gasteiger partial charge in [-0.2, -0.15) is 0 Å². The number of fused-ring (bicyclic) bond motifs is 1. The molecule has 0 spiro atoms. The summed E-state index contributed by atoms with van der Waals surface area (Å²) in [7, 11) is -0.980. The second-order valence-electron chi connectivity index (χ2n) is 7.43. The summed E-state index contributed by atoms with van der Waals surface area (Å²) >= 11 is 9.74. The first-order valence-electron chi connectivity index (χ1n) is 10.0. The summed E-state index contributed by atoms with van der Waals surface area (Å²) in [5, 5.41) is 3.84. The number of nitrogens with zero attached hydrogens (tertiary/aromatic N) is 1. The lowest BCUT2D eigenvalue weighted by atomic mass is 9.99. The van der Waals surface area contributed by atoms with Gasteiger partial charge in [0.05, 0.1) is 31.3 Å². The number of methoxy groups -OCH3 is 2. The minimum Gasteiger partial charge on any atom is -0.493 e. The molecule has 1 aliphatic heterocycles. The number of benzene rings is 3. The molecule has 3 aromatic rings. The van der Waals surface area contributed by atoms with Crippen LogP contribution in [0.5, 0.6) is 11.5 Å². The molecule has 6 nitrogen and oxygen atoms in total. The smallest absolute Gasteiger partial charge is 0.264 e. The van der Waals surface area contributed by atoms with Gasteiger partial charge in [0.15, 0.2) is 11.5 Å². The van der Waals surface area contributed by atoms with Crippen molar-refractivity contribution >= 4 is 54.5 Å². The Morgan fingerprint density at radius 3 is 2.45 bits per heavy atom. The van der Waals surface area contributed by atoms with E-state index in [9.17, 15) is 8.42 Å². The van der Waals surface area contributed by atoms with Crippen LogP contribution in [0.1, 0.15) is 12.5 Å². The lowest BCUT2D eigenvalue weighted by Gasteiger charge is -2.33. The third-order valence-electron chi connectivity index (χ3n) is 5.45. The number of halogens is 2. The first-order chi connectivity index (χ1) is 15.7. The first-order valence-corrected chi connectivity index (χ1v) is 12.6. The molecule has 1 aliphatic rings. The first kappa shape index (κ1) is 23.5. The number of sulfonamides is 1. The molecule has 0 radical (unpaired) electrons. The van der Waals surface area contributed by atoms with Crippen molar-refractivity contribution in [1.29, 1.82) is 0 Å². The predicted molar refractivity (Wildman–Crippen MR) is 136 cm³/mol. The van der Waals surface area contributed by atoms with Crippen LogP contribution < -0.4 is 19.1 Å². The van der Waals surface area contributed by atoms with Crippen LogP contribution in [0.25, 0.3) is 5.57 Å². The second-order valence-corrected chi connectivity index (χ2v) is 10.6. The fraction of sp³-hybridized carbons (Fsp3) is 0.167. The van der Waals surface area contributed by atoms with E-state index < -0.39 is 10.0 Å². The van der Waals surface area contributed by atoms with E-state index in [0.717, 1.165) is 27.0 Å². The van der Waals surface area contributed by atoms with Crippen molar-refractivity contribution in [2.45, 2.75) is 11.8 Å². The van der Waals surface area contributed by atoms with Gasteiger partial charge in [-0.05, 0) is 55.0 Å². The molecule has 0 unspecified atom stereocenters. The van der Waals surface area contributed by atoms with Gasteiger partial charge in [0.25, 0.3) is 10.0 Å². The van der Waals surface area contributed by atoms with Crippen LogP contribution in [0.3, 0.4) is 0 Å². The van der Waals surface area contributed by atoms with Crippen molar-refractivity contribution in [3.8, 4) is 11.5 Å². The van der Waals surface area contributed by atoms with Gasteiger partial charge in [0.1, 0.15) is 0 Å². The summed E-state index contributed by atoms with van der Waals surface area (Å²) < 4.78 is 40.5. The summed E-state index contributed by atoms with van der Waals surface area (Å²) in [6, 6.07) is 17.5. The molecule has 0 atom stereocenters. The van der Waals surface area contributed by atoms with E-state index in [0.29, 0.717) is 22.2 Å². The average molecular weight is 550 g/mol. The number of allylic oxidation sites excluding steroid dienone is 1. The molecular formula is C24H22BrClN2O4S. The maximum Gasteiger partial charge on any atom is 0.264 e. The van der Waals surface area contributed by atoms with Crippen molar-refractivity contribution < 1.29 is 17.9 Å². The highest BCUT2D eigenvalue weighted by Crippen LogP contribution is 2.40. The third-order valence-corrected chi connectivity index (χ3v) is 7.93. The normalized spacial score (nSPS) is 13.5. The molecule has 4 rings (SSSR count). The number of anilines is 2. The number of rotatable bonds is 6. The van der Waals surface area contributed by atoms with E-state index in [1.54, 1.807) is 18.2 Å². The highest BCUT2D eigenvalue weighted by Gasteiger charge is 2.33. The van der Waals surface area contributed by atoms with Crippen LogP contribution in [-0.4, -0.2) is 29.2 Å². The minimum absolute atomic E-state index is 0.0902. The van der Waals surface area contributed by atoms with Crippen LogP contribution in [0.15, 0.2) is 75.7 Å². The van der Waals surface area contributed by atoms with E-state index in [-0.39, 0.29) is 11.4 Å². The molecule has 0 saturated heterocycles. The van der Waals surface area contributed by atoms with E-state index in [4.69, 9.17) is 21.1 Å². The van der Waals surface area contributed by atoms with Gasteiger partial charge in [0, 0.05) is 32.5 Å². The van der Waals surface area contributed by atoms with Crippen molar-refractivity contribution in [3.63, 3.8) is 0 Å². The molecule has 33 heavy (non-hydrogen) atoms. The van der Waals surface area contributed by atoms with Gasteiger partial charge in [-0.1, -0.05) is 39.7 Å². The van der Waals surface area contributed by atoms with Crippen LogP contribution in [0, 0.1) is 0 Å². The molecule has 1 heterocycles. The quantitative estimate of drug-likeness (QED) is 0.398. The molecule has 0 amide bonds. The van der Waals surface area contributed by atoms with Crippen LogP contribution in [0.2, 0.25) is 5.02 Å². The Kier molecular flexibility index (Phi) is 6.61. The molecule has 0 aliphatic carbocycles. The number of nitrogens with one attached hydrogen (secondary N) is 1. The molecule has 0 fully saturated rings. The molecule has 1 N–H and O–H groups in total. The molecule has 0 aromatic heterocycles. The molecule has 172 valence electrons. The molecular weight excluding hydrogens is 528 g/mol. The standard InChI is InChI=1S/C24H22BrClN2O4S/c1-15-20-9-7-17(26)12-22(20)28(14-21(15)27-18-6-4-5-16(25)11-18)33(29,30)19-8-10-23(31-2)24(13-19)32-3/h4-13,27H,14H2,1-3H3. The molecule has 9 heteroatoms. The number of hydrogen-bond donors (Lipinski definition) is 1. The summed E-state index contributed by atoms with van der Waals surface area (Å²) in [5.41, 5.74) is 3.87. The highest BCUT2D eigenvalue weighted by atomic mass is 79.9. The lowest BCUT2D eigenvalue weighted by molar-refractivity contribution is 0.354. The average Bonchev–Trinajstić information content (AvgIpc) is 2.80. The molecule has 0 bridgehead atoms. The van der Waals surface area contributed by atoms with E-state index in [1.807, 2.05) is 37.3 Å². The SMILES string of the molecule is COc1ccc(S(=O)(=O)N2CC(Nc3cccc(Br)c3)=C(C)c3ccc(Cl)cc32)cc1OC. The second kappa shape index (κ2) is 9.29. The zero-order chi connectivity index (χ0) is 23.8. The van der Waals surface area contributed by atoms with E-state index >= 15 is 0 Å². The molecule has 3 aromatic carbocycles.